The van der Waals surface area contributed by atoms with Crippen LogP contribution in [-0.2, 0) is 20.9 Å². The van der Waals surface area contributed by atoms with Crippen LogP contribution in [0, 0.1) is 5.92 Å². The van der Waals surface area contributed by atoms with Crippen LogP contribution >= 0.6 is 11.8 Å². The number of furan rings is 1. The van der Waals surface area contributed by atoms with Crippen molar-refractivity contribution in [3.63, 3.8) is 0 Å². The maximum atomic E-state index is 12.0. The first-order valence-electron chi connectivity index (χ1n) is 10.3. The van der Waals surface area contributed by atoms with Crippen LogP contribution in [0.15, 0.2) is 28.0 Å². The van der Waals surface area contributed by atoms with Crippen LogP contribution < -0.4 is 10.6 Å². The molecule has 10 nitrogen and oxygen atoms in total. The number of imide groups is 1. The second-order valence-electron chi connectivity index (χ2n) is 7.37. The molecule has 168 valence electrons. The number of carbonyl (C=O) groups is 3. The Morgan fingerprint density at radius 3 is 2.81 bits per heavy atom. The molecule has 1 aliphatic rings. The van der Waals surface area contributed by atoms with Gasteiger partial charge in [-0.15, -0.1) is 10.2 Å². The highest BCUT2D eigenvalue weighted by Gasteiger charge is 2.23. The minimum absolute atomic E-state index is 0.0463. The fourth-order valence-electron chi connectivity index (χ4n) is 3.48. The third-order valence-electron chi connectivity index (χ3n) is 5.14. The van der Waals surface area contributed by atoms with E-state index in [1.165, 1.54) is 0 Å². The molecule has 31 heavy (non-hydrogen) atoms. The molecule has 1 saturated carbocycles. The quantitative estimate of drug-likeness (QED) is 0.465. The minimum atomic E-state index is -0.670. The monoisotopic (exact) mass is 449 g/mol. The lowest BCUT2D eigenvalue weighted by molar-refractivity contribution is -0.145. The van der Waals surface area contributed by atoms with Crippen LogP contribution in [0.1, 0.15) is 39.5 Å². The molecule has 0 aromatic carbocycles. The van der Waals surface area contributed by atoms with Gasteiger partial charge in [-0.3, -0.25) is 19.5 Å². The van der Waals surface area contributed by atoms with Gasteiger partial charge in [0.1, 0.15) is 0 Å². The predicted octanol–water partition coefficient (Wildman–Crippen LogP) is 2.60. The number of aromatic nitrogens is 3. The molecule has 2 aromatic rings. The number of urea groups is 1. The van der Waals surface area contributed by atoms with Crippen LogP contribution in [0.5, 0.6) is 0 Å². The highest BCUT2D eigenvalue weighted by Crippen LogP contribution is 2.24. The summed E-state index contributed by atoms with van der Waals surface area (Å²) in [7, 11) is 0. The molecule has 2 N–H and O–H groups in total. The Labute approximate surface area is 184 Å². The lowest BCUT2D eigenvalue weighted by atomic mass is 9.86. The standard InChI is InChI=1S/C20H27N5O5S/c1-3-25-18(15-9-6-10-29-15)23-24-20(25)31-12-17(27)30-11-16(26)22-19(28)21-14-8-5-4-7-13(14)2/h6,9-10,13-14H,3-5,7-8,11-12H2,1-2H3,(H2,21,22,26,28). The number of nitrogens with zero attached hydrogens (tertiary/aromatic N) is 3. The topological polar surface area (TPSA) is 128 Å². The number of thioether (sulfide) groups is 1. The summed E-state index contributed by atoms with van der Waals surface area (Å²) in [5.41, 5.74) is 0. The van der Waals surface area contributed by atoms with Crippen molar-refractivity contribution < 1.29 is 23.5 Å². The zero-order valence-electron chi connectivity index (χ0n) is 17.6. The first-order chi connectivity index (χ1) is 15.0. The van der Waals surface area contributed by atoms with Gasteiger partial charge in [-0.05, 0) is 37.8 Å². The Kier molecular flexibility index (Phi) is 8.10. The van der Waals surface area contributed by atoms with Crippen molar-refractivity contribution in [1.29, 1.82) is 0 Å². The predicted molar refractivity (Wildman–Crippen MR) is 113 cm³/mol. The second kappa shape index (κ2) is 11.0. The molecule has 0 radical (unpaired) electrons. The van der Waals surface area contributed by atoms with E-state index in [-0.39, 0.29) is 11.8 Å². The molecular formula is C20H27N5O5S. The van der Waals surface area contributed by atoms with Gasteiger partial charge < -0.3 is 14.5 Å². The van der Waals surface area contributed by atoms with E-state index >= 15 is 0 Å². The second-order valence-corrected chi connectivity index (χ2v) is 8.31. The molecule has 1 aliphatic carbocycles. The van der Waals surface area contributed by atoms with Crippen LogP contribution in [-0.4, -0.2) is 51.1 Å². The zero-order valence-corrected chi connectivity index (χ0v) is 18.4. The molecule has 2 aromatic heterocycles. The molecule has 2 unspecified atom stereocenters. The summed E-state index contributed by atoms with van der Waals surface area (Å²) >= 11 is 1.15. The molecule has 2 atom stereocenters. The van der Waals surface area contributed by atoms with E-state index in [2.05, 4.69) is 27.8 Å². The third kappa shape index (κ3) is 6.33. The Hall–Kier alpha value is -2.82. The first-order valence-corrected chi connectivity index (χ1v) is 11.3. The smallest absolute Gasteiger partial charge is 0.321 e. The van der Waals surface area contributed by atoms with Gasteiger partial charge in [-0.2, -0.15) is 0 Å². The molecule has 2 heterocycles. The molecule has 0 spiro atoms. The largest absolute Gasteiger partial charge is 0.461 e. The highest BCUT2D eigenvalue weighted by atomic mass is 32.2. The van der Waals surface area contributed by atoms with E-state index in [0.717, 1.165) is 37.4 Å². The van der Waals surface area contributed by atoms with Crippen molar-refractivity contribution in [3.05, 3.63) is 18.4 Å². The Morgan fingerprint density at radius 1 is 1.29 bits per heavy atom. The molecular weight excluding hydrogens is 422 g/mol. The van der Waals surface area contributed by atoms with E-state index in [9.17, 15) is 14.4 Å². The first kappa shape index (κ1) is 22.9. The van der Waals surface area contributed by atoms with Gasteiger partial charge in [0.15, 0.2) is 23.3 Å². The van der Waals surface area contributed by atoms with E-state index in [1.54, 1.807) is 18.4 Å². The van der Waals surface area contributed by atoms with E-state index < -0.39 is 24.5 Å². The van der Waals surface area contributed by atoms with Crippen LogP contribution in [0.2, 0.25) is 0 Å². The molecule has 0 bridgehead atoms. The van der Waals surface area contributed by atoms with Crippen molar-refractivity contribution in [3.8, 4) is 11.6 Å². The summed E-state index contributed by atoms with van der Waals surface area (Å²) in [5.74, 6) is 0.225. The van der Waals surface area contributed by atoms with Crippen molar-refractivity contribution in [2.24, 2.45) is 5.92 Å². The molecule has 1 fully saturated rings. The molecule has 0 aliphatic heterocycles. The van der Waals surface area contributed by atoms with Crippen molar-refractivity contribution >= 4 is 29.7 Å². The lowest BCUT2D eigenvalue weighted by Gasteiger charge is -2.29. The molecule has 0 saturated heterocycles. The SMILES string of the molecule is CCn1c(SCC(=O)OCC(=O)NC(=O)NC2CCCCC2C)nnc1-c1ccco1. The van der Waals surface area contributed by atoms with E-state index in [1.807, 2.05) is 11.5 Å². The van der Waals surface area contributed by atoms with Gasteiger partial charge in [0.25, 0.3) is 5.91 Å². The van der Waals surface area contributed by atoms with Crippen molar-refractivity contribution in [2.75, 3.05) is 12.4 Å². The number of hydrogen-bond acceptors (Lipinski definition) is 8. The average Bonchev–Trinajstić information content (AvgIpc) is 3.41. The minimum Gasteiger partial charge on any atom is -0.461 e. The van der Waals surface area contributed by atoms with Gasteiger partial charge in [0.2, 0.25) is 0 Å². The number of rotatable bonds is 8. The number of nitrogens with one attached hydrogen (secondary N) is 2. The Balaban J connectivity index is 1.40. The zero-order chi connectivity index (χ0) is 22.2. The van der Waals surface area contributed by atoms with Crippen LogP contribution in [0.4, 0.5) is 4.79 Å². The van der Waals surface area contributed by atoms with Gasteiger partial charge >= 0.3 is 12.0 Å². The number of hydrogen-bond donors (Lipinski definition) is 2. The van der Waals surface area contributed by atoms with Gasteiger partial charge in [-0.25, -0.2) is 4.79 Å². The van der Waals surface area contributed by atoms with E-state index in [4.69, 9.17) is 9.15 Å². The number of ether oxygens (including phenoxy) is 1. The molecule has 3 amide bonds. The van der Waals surface area contributed by atoms with Gasteiger partial charge in [0.05, 0.1) is 12.0 Å². The fraction of sp³-hybridized carbons (Fsp3) is 0.550. The highest BCUT2D eigenvalue weighted by molar-refractivity contribution is 7.99. The average molecular weight is 450 g/mol. The van der Waals surface area contributed by atoms with Crippen molar-refractivity contribution in [1.82, 2.24) is 25.4 Å². The fourth-order valence-corrected chi connectivity index (χ4v) is 4.28. The third-order valence-corrected chi connectivity index (χ3v) is 6.08. The van der Waals surface area contributed by atoms with Gasteiger partial charge in [-0.1, -0.05) is 31.5 Å². The summed E-state index contributed by atoms with van der Waals surface area (Å²) in [4.78, 5) is 35.9. The Bertz CT molecular complexity index is 898. The molecule has 11 heteroatoms. The van der Waals surface area contributed by atoms with E-state index in [0.29, 0.717) is 29.2 Å². The number of carbonyl (C=O) groups excluding carboxylic acids is 3. The summed E-state index contributed by atoms with van der Waals surface area (Å²) in [6.45, 7) is 4.09. The number of amides is 3. The van der Waals surface area contributed by atoms with Crippen molar-refractivity contribution in [2.45, 2.75) is 57.3 Å². The van der Waals surface area contributed by atoms with Crippen LogP contribution in [0.3, 0.4) is 0 Å². The summed E-state index contributed by atoms with van der Waals surface area (Å²) < 4.78 is 12.1. The van der Waals surface area contributed by atoms with Gasteiger partial charge in [0, 0.05) is 12.6 Å². The maximum Gasteiger partial charge on any atom is 0.321 e. The summed E-state index contributed by atoms with van der Waals surface area (Å²) in [6.07, 6.45) is 5.73. The van der Waals surface area contributed by atoms with Crippen LogP contribution in [0.25, 0.3) is 11.6 Å². The molecule has 3 rings (SSSR count). The summed E-state index contributed by atoms with van der Waals surface area (Å²) in [6, 6.07) is 3.04. The number of esters is 1. The lowest BCUT2D eigenvalue weighted by Crippen LogP contribution is -2.48. The summed E-state index contributed by atoms with van der Waals surface area (Å²) in [5, 5.41) is 13.8. The maximum absolute atomic E-state index is 12.0. The Morgan fingerprint density at radius 2 is 2.10 bits per heavy atom. The normalized spacial score (nSPS) is 18.4.